The van der Waals surface area contributed by atoms with Crippen molar-refractivity contribution in [2.24, 2.45) is 0 Å². The van der Waals surface area contributed by atoms with Crippen molar-refractivity contribution in [1.82, 2.24) is 9.55 Å². The van der Waals surface area contributed by atoms with Crippen molar-refractivity contribution in [1.29, 1.82) is 0 Å². The van der Waals surface area contributed by atoms with Gasteiger partial charge in [-0.15, -0.1) is 11.8 Å². The molecule has 0 atom stereocenters. The van der Waals surface area contributed by atoms with Gasteiger partial charge in [0, 0.05) is 4.90 Å². The van der Waals surface area contributed by atoms with Gasteiger partial charge in [-0.1, -0.05) is 32.9 Å². The fourth-order valence-electron chi connectivity index (χ4n) is 2.71. The van der Waals surface area contributed by atoms with Gasteiger partial charge in [-0.05, 0) is 47.6 Å². The normalized spacial score (nSPS) is 11.3. The van der Waals surface area contributed by atoms with Gasteiger partial charge in [0.1, 0.15) is 6.33 Å². The van der Waals surface area contributed by atoms with E-state index >= 15 is 0 Å². The summed E-state index contributed by atoms with van der Waals surface area (Å²) in [7, 11) is 0. The topological polar surface area (TPSA) is 34.9 Å². The van der Waals surface area contributed by atoms with Crippen molar-refractivity contribution >= 4 is 22.7 Å². The quantitative estimate of drug-likeness (QED) is 0.657. The summed E-state index contributed by atoms with van der Waals surface area (Å²) in [6.45, 7) is 6.45. The first-order valence-corrected chi connectivity index (χ1v) is 8.84. The molecule has 0 aliphatic carbocycles. The van der Waals surface area contributed by atoms with Crippen LogP contribution in [0.15, 0.2) is 58.5 Å². The average Bonchev–Trinajstić information content (AvgIpc) is 2.56. The Hall–Kier alpha value is -2.07. The molecule has 0 fully saturated rings. The summed E-state index contributed by atoms with van der Waals surface area (Å²) < 4.78 is 1.66. The van der Waals surface area contributed by atoms with Gasteiger partial charge in [0.05, 0.1) is 16.6 Å². The number of fused-ring (bicyclic) bond motifs is 1. The minimum absolute atomic E-state index is 0.0200. The third-order valence-electron chi connectivity index (χ3n) is 3.86. The van der Waals surface area contributed by atoms with Crippen molar-refractivity contribution in [3.63, 3.8) is 0 Å². The highest BCUT2D eigenvalue weighted by atomic mass is 32.2. The molecular formula is C19H20N2OS. The van der Waals surface area contributed by atoms with E-state index in [0.29, 0.717) is 11.3 Å². The van der Waals surface area contributed by atoms with Crippen LogP contribution >= 0.6 is 11.8 Å². The molecule has 23 heavy (non-hydrogen) atoms. The van der Waals surface area contributed by atoms with E-state index in [1.165, 1.54) is 10.5 Å². The Morgan fingerprint density at radius 1 is 1.17 bits per heavy atom. The molecule has 3 aromatic rings. The lowest BCUT2D eigenvalue weighted by Gasteiger charge is -2.16. The van der Waals surface area contributed by atoms with Crippen molar-refractivity contribution in [2.45, 2.75) is 31.6 Å². The first kappa shape index (κ1) is 15.8. The van der Waals surface area contributed by atoms with Gasteiger partial charge in [0.15, 0.2) is 0 Å². The minimum Gasteiger partial charge on any atom is -0.268 e. The maximum atomic E-state index is 12.8. The first-order valence-electron chi connectivity index (χ1n) is 7.85. The summed E-state index contributed by atoms with van der Waals surface area (Å²) in [5, 5.41) is 0.650. The molecule has 0 amide bonds. The average molecular weight is 324 g/mol. The molecule has 0 aliphatic rings. The van der Waals surface area contributed by atoms with Gasteiger partial charge in [0.25, 0.3) is 5.56 Å². The number of para-hydroxylation sites is 1. The van der Waals surface area contributed by atoms with Crippen molar-refractivity contribution in [3.05, 3.63) is 64.7 Å². The molecule has 0 saturated heterocycles. The second-order valence-electron chi connectivity index (χ2n) is 5.75. The van der Waals surface area contributed by atoms with Gasteiger partial charge in [0.2, 0.25) is 0 Å². The van der Waals surface area contributed by atoms with Crippen LogP contribution < -0.4 is 5.56 Å². The number of hydrogen-bond donors (Lipinski definition) is 0. The fraction of sp³-hybridized carbons (Fsp3) is 0.263. The predicted octanol–water partition coefficient (Wildman–Crippen LogP) is 4.62. The van der Waals surface area contributed by atoms with Gasteiger partial charge >= 0.3 is 0 Å². The van der Waals surface area contributed by atoms with E-state index in [4.69, 9.17) is 0 Å². The Bertz CT molecular complexity index is 899. The summed E-state index contributed by atoms with van der Waals surface area (Å²) in [6, 6.07) is 13.8. The molecule has 118 valence electrons. The summed E-state index contributed by atoms with van der Waals surface area (Å²) >= 11 is 1.81. The van der Waals surface area contributed by atoms with Crippen LogP contribution in [0.2, 0.25) is 0 Å². The lowest BCUT2D eigenvalue weighted by atomic mass is 10.0. The summed E-state index contributed by atoms with van der Waals surface area (Å²) in [4.78, 5) is 18.5. The number of benzene rings is 2. The SMILES string of the molecule is CCSc1ccc(-n2cnc3ccccc3c2=O)c(C(C)C)c1. The Morgan fingerprint density at radius 3 is 2.70 bits per heavy atom. The standard InChI is InChI=1S/C19H20N2OS/c1-4-23-14-9-10-18(16(11-14)13(2)3)21-12-20-17-8-6-5-7-15(17)19(21)22/h5-13H,4H2,1-3H3. The van der Waals surface area contributed by atoms with Crippen LogP contribution in [0.3, 0.4) is 0 Å². The Morgan fingerprint density at radius 2 is 1.96 bits per heavy atom. The van der Waals surface area contributed by atoms with E-state index in [0.717, 1.165) is 17.0 Å². The molecule has 3 rings (SSSR count). The van der Waals surface area contributed by atoms with Crippen molar-refractivity contribution < 1.29 is 0 Å². The molecule has 2 aromatic carbocycles. The van der Waals surface area contributed by atoms with Crippen molar-refractivity contribution in [2.75, 3.05) is 5.75 Å². The minimum atomic E-state index is -0.0200. The third kappa shape index (κ3) is 3.04. The molecule has 4 heteroatoms. The second kappa shape index (κ2) is 6.59. The molecule has 0 spiro atoms. The summed E-state index contributed by atoms with van der Waals surface area (Å²) in [5.74, 6) is 1.37. The van der Waals surface area contributed by atoms with Crippen molar-refractivity contribution in [3.8, 4) is 5.69 Å². The van der Waals surface area contributed by atoms with Crippen LogP contribution in [-0.4, -0.2) is 15.3 Å². The molecule has 1 heterocycles. The number of aromatic nitrogens is 2. The molecule has 3 nitrogen and oxygen atoms in total. The van der Waals surface area contributed by atoms with E-state index in [1.54, 1.807) is 10.9 Å². The van der Waals surface area contributed by atoms with Crippen LogP contribution in [0.4, 0.5) is 0 Å². The van der Waals surface area contributed by atoms with E-state index < -0.39 is 0 Å². The highest BCUT2D eigenvalue weighted by Crippen LogP contribution is 2.28. The zero-order chi connectivity index (χ0) is 16.4. The molecule has 0 unspecified atom stereocenters. The Balaban J connectivity index is 2.22. The monoisotopic (exact) mass is 324 g/mol. The number of nitrogens with zero attached hydrogens (tertiary/aromatic N) is 2. The molecule has 0 bridgehead atoms. The molecule has 0 N–H and O–H groups in total. The molecular weight excluding hydrogens is 304 g/mol. The Kier molecular flexibility index (Phi) is 4.53. The maximum absolute atomic E-state index is 12.8. The van der Waals surface area contributed by atoms with Crippen LogP contribution in [0.5, 0.6) is 0 Å². The molecule has 0 radical (unpaired) electrons. The maximum Gasteiger partial charge on any atom is 0.265 e. The molecule has 0 saturated carbocycles. The van der Waals surface area contributed by atoms with Gasteiger partial charge in [-0.25, -0.2) is 4.98 Å². The lowest BCUT2D eigenvalue weighted by Crippen LogP contribution is -2.20. The van der Waals surface area contributed by atoms with Gasteiger partial charge < -0.3 is 0 Å². The van der Waals surface area contributed by atoms with E-state index in [2.05, 4.69) is 37.9 Å². The second-order valence-corrected chi connectivity index (χ2v) is 7.08. The number of thioether (sulfide) groups is 1. The van der Waals surface area contributed by atoms with Crippen LogP contribution in [0.25, 0.3) is 16.6 Å². The zero-order valence-electron chi connectivity index (χ0n) is 13.6. The van der Waals surface area contributed by atoms with E-state index in [1.807, 2.05) is 42.1 Å². The molecule has 1 aromatic heterocycles. The van der Waals surface area contributed by atoms with Gasteiger partial charge in [-0.2, -0.15) is 0 Å². The summed E-state index contributed by atoms with van der Waals surface area (Å²) in [6.07, 6.45) is 1.64. The zero-order valence-corrected chi connectivity index (χ0v) is 14.4. The number of hydrogen-bond acceptors (Lipinski definition) is 3. The van der Waals surface area contributed by atoms with Crippen LogP contribution in [0.1, 0.15) is 32.3 Å². The predicted molar refractivity (Wildman–Crippen MR) is 97.8 cm³/mol. The number of rotatable bonds is 4. The van der Waals surface area contributed by atoms with Crippen LogP contribution in [-0.2, 0) is 0 Å². The lowest BCUT2D eigenvalue weighted by molar-refractivity contribution is 0.830. The van der Waals surface area contributed by atoms with Crippen LogP contribution in [0, 0.1) is 0 Å². The largest absolute Gasteiger partial charge is 0.268 e. The fourth-order valence-corrected chi connectivity index (χ4v) is 3.42. The van der Waals surface area contributed by atoms with E-state index in [9.17, 15) is 4.79 Å². The first-order chi connectivity index (χ1) is 11.1. The molecule has 0 aliphatic heterocycles. The third-order valence-corrected chi connectivity index (χ3v) is 4.73. The van der Waals surface area contributed by atoms with Gasteiger partial charge in [-0.3, -0.25) is 9.36 Å². The highest BCUT2D eigenvalue weighted by Gasteiger charge is 2.12. The Labute approximate surface area is 140 Å². The van der Waals surface area contributed by atoms with E-state index in [-0.39, 0.29) is 5.56 Å². The summed E-state index contributed by atoms with van der Waals surface area (Å²) in [5.41, 5.74) is 2.80. The smallest absolute Gasteiger partial charge is 0.265 e. The highest BCUT2D eigenvalue weighted by molar-refractivity contribution is 7.99.